The summed E-state index contributed by atoms with van der Waals surface area (Å²) in [6.07, 6.45) is 5.51. The van der Waals surface area contributed by atoms with Crippen molar-refractivity contribution in [3.05, 3.63) is 12.2 Å². The first-order valence-electron chi connectivity index (χ1n) is 4.90. The average Bonchev–Trinajstić information content (AvgIpc) is 2.84. The quantitative estimate of drug-likeness (QED) is 0.665. The molecule has 72 valence electrons. The number of aromatic nitrogens is 3. The third kappa shape index (κ3) is 2.81. The second kappa shape index (κ2) is 3.87. The molecule has 0 unspecified atom stereocenters. The summed E-state index contributed by atoms with van der Waals surface area (Å²) in [5.74, 6) is 1.89. The molecule has 1 saturated carbocycles. The number of nitrogens with one attached hydrogen (secondary N) is 1. The lowest BCUT2D eigenvalue weighted by atomic mass is 10.3. The monoisotopic (exact) mass is 180 g/mol. The molecule has 0 saturated heterocycles. The van der Waals surface area contributed by atoms with Crippen molar-refractivity contribution >= 4 is 0 Å². The number of nitrogens with zero attached hydrogens (tertiary/aromatic N) is 3. The molecule has 1 aromatic rings. The van der Waals surface area contributed by atoms with E-state index >= 15 is 0 Å². The van der Waals surface area contributed by atoms with Gasteiger partial charge in [0.1, 0.15) is 6.33 Å². The van der Waals surface area contributed by atoms with Crippen LogP contribution < -0.4 is 5.32 Å². The predicted molar refractivity (Wildman–Crippen MR) is 50.3 cm³/mol. The molecule has 1 heterocycles. The summed E-state index contributed by atoms with van der Waals surface area (Å²) < 4.78 is 1.75. The zero-order valence-corrected chi connectivity index (χ0v) is 8.03. The van der Waals surface area contributed by atoms with Gasteiger partial charge in [0.2, 0.25) is 0 Å². The van der Waals surface area contributed by atoms with Gasteiger partial charge in [-0.05, 0) is 25.3 Å². The molecule has 0 aromatic carbocycles. The van der Waals surface area contributed by atoms with Crippen molar-refractivity contribution in [1.29, 1.82) is 0 Å². The third-order valence-corrected chi connectivity index (χ3v) is 2.30. The normalized spacial score (nSPS) is 16.4. The Kier molecular flexibility index (Phi) is 2.59. The Hall–Kier alpha value is -0.900. The fraction of sp³-hybridized carbons (Fsp3) is 0.778. The SMILES string of the molecule is Cn1cnc(CCNCC2CC2)n1. The first-order chi connectivity index (χ1) is 6.34. The molecule has 0 bridgehead atoms. The van der Waals surface area contributed by atoms with Crippen LogP contribution in [0.3, 0.4) is 0 Å². The Balaban J connectivity index is 1.61. The molecule has 0 amide bonds. The Morgan fingerprint density at radius 1 is 1.62 bits per heavy atom. The van der Waals surface area contributed by atoms with Crippen LogP contribution in [-0.2, 0) is 13.5 Å². The van der Waals surface area contributed by atoms with Gasteiger partial charge in [-0.15, -0.1) is 0 Å². The summed E-state index contributed by atoms with van der Waals surface area (Å²) in [4.78, 5) is 4.16. The van der Waals surface area contributed by atoms with E-state index in [4.69, 9.17) is 0 Å². The van der Waals surface area contributed by atoms with Crippen molar-refractivity contribution in [2.24, 2.45) is 13.0 Å². The van der Waals surface area contributed by atoms with Gasteiger partial charge in [-0.25, -0.2) is 4.98 Å². The molecular weight excluding hydrogens is 164 g/mol. The smallest absolute Gasteiger partial charge is 0.151 e. The Morgan fingerprint density at radius 2 is 2.46 bits per heavy atom. The summed E-state index contributed by atoms with van der Waals surface area (Å²) in [5, 5.41) is 7.62. The van der Waals surface area contributed by atoms with E-state index in [-0.39, 0.29) is 0 Å². The van der Waals surface area contributed by atoms with E-state index in [1.54, 1.807) is 11.0 Å². The van der Waals surface area contributed by atoms with E-state index in [0.29, 0.717) is 0 Å². The highest BCUT2D eigenvalue weighted by Gasteiger charge is 2.19. The number of aryl methyl sites for hydroxylation is 1. The fourth-order valence-corrected chi connectivity index (χ4v) is 1.33. The van der Waals surface area contributed by atoms with E-state index < -0.39 is 0 Å². The molecule has 1 aliphatic carbocycles. The van der Waals surface area contributed by atoms with Gasteiger partial charge in [0.15, 0.2) is 5.82 Å². The zero-order chi connectivity index (χ0) is 9.10. The van der Waals surface area contributed by atoms with E-state index in [1.165, 1.54) is 19.4 Å². The molecule has 4 nitrogen and oxygen atoms in total. The highest BCUT2D eigenvalue weighted by atomic mass is 15.3. The average molecular weight is 180 g/mol. The minimum Gasteiger partial charge on any atom is -0.316 e. The van der Waals surface area contributed by atoms with Crippen LogP contribution in [0.1, 0.15) is 18.7 Å². The summed E-state index contributed by atoms with van der Waals surface area (Å²) in [6.45, 7) is 2.17. The molecule has 1 aliphatic rings. The number of hydrogen-bond acceptors (Lipinski definition) is 3. The second-order valence-corrected chi connectivity index (χ2v) is 3.73. The Bertz CT molecular complexity index is 264. The van der Waals surface area contributed by atoms with Gasteiger partial charge in [0.05, 0.1) is 0 Å². The third-order valence-electron chi connectivity index (χ3n) is 2.30. The topological polar surface area (TPSA) is 42.7 Å². The minimum atomic E-state index is 0.936. The molecule has 1 fully saturated rings. The van der Waals surface area contributed by atoms with Gasteiger partial charge in [-0.3, -0.25) is 4.68 Å². The fourth-order valence-electron chi connectivity index (χ4n) is 1.33. The number of rotatable bonds is 5. The van der Waals surface area contributed by atoms with Crippen molar-refractivity contribution in [1.82, 2.24) is 20.1 Å². The maximum atomic E-state index is 4.21. The molecule has 2 rings (SSSR count). The number of hydrogen-bond donors (Lipinski definition) is 1. The van der Waals surface area contributed by atoms with Crippen LogP contribution in [-0.4, -0.2) is 27.9 Å². The van der Waals surface area contributed by atoms with Gasteiger partial charge in [-0.1, -0.05) is 0 Å². The van der Waals surface area contributed by atoms with E-state index in [9.17, 15) is 0 Å². The lowest BCUT2D eigenvalue weighted by molar-refractivity contribution is 0.624. The van der Waals surface area contributed by atoms with Crippen LogP contribution in [0.15, 0.2) is 6.33 Å². The van der Waals surface area contributed by atoms with Crippen LogP contribution in [0.25, 0.3) is 0 Å². The Labute approximate surface area is 78.4 Å². The van der Waals surface area contributed by atoms with Crippen LogP contribution in [0.5, 0.6) is 0 Å². The van der Waals surface area contributed by atoms with Crippen molar-refractivity contribution in [3.8, 4) is 0 Å². The predicted octanol–water partition coefficient (Wildman–Crippen LogP) is 0.357. The lowest BCUT2D eigenvalue weighted by Gasteiger charge is -1.99. The van der Waals surface area contributed by atoms with Crippen molar-refractivity contribution in [2.75, 3.05) is 13.1 Å². The van der Waals surface area contributed by atoms with Crippen LogP contribution in [0.2, 0.25) is 0 Å². The second-order valence-electron chi connectivity index (χ2n) is 3.73. The molecular formula is C9H16N4. The van der Waals surface area contributed by atoms with Gasteiger partial charge in [0.25, 0.3) is 0 Å². The van der Waals surface area contributed by atoms with Gasteiger partial charge in [0, 0.05) is 20.0 Å². The highest BCUT2D eigenvalue weighted by Crippen LogP contribution is 2.27. The van der Waals surface area contributed by atoms with Crippen molar-refractivity contribution in [2.45, 2.75) is 19.3 Å². The molecule has 13 heavy (non-hydrogen) atoms. The summed E-state index contributed by atoms with van der Waals surface area (Å²) in [5.41, 5.74) is 0. The van der Waals surface area contributed by atoms with Gasteiger partial charge in [-0.2, -0.15) is 5.10 Å². The molecule has 0 radical (unpaired) electrons. The molecule has 1 N–H and O–H groups in total. The van der Waals surface area contributed by atoms with Gasteiger partial charge >= 0.3 is 0 Å². The summed E-state index contributed by atoms with van der Waals surface area (Å²) >= 11 is 0. The van der Waals surface area contributed by atoms with E-state index in [2.05, 4.69) is 15.4 Å². The molecule has 1 aromatic heterocycles. The van der Waals surface area contributed by atoms with Crippen molar-refractivity contribution in [3.63, 3.8) is 0 Å². The summed E-state index contributed by atoms with van der Waals surface area (Å²) in [7, 11) is 1.90. The van der Waals surface area contributed by atoms with E-state index in [0.717, 1.165) is 24.7 Å². The lowest BCUT2D eigenvalue weighted by Crippen LogP contribution is -2.20. The maximum Gasteiger partial charge on any atom is 0.151 e. The standard InChI is InChI=1S/C9H16N4/c1-13-7-11-9(12-13)4-5-10-6-8-2-3-8/h7-8,10H,2-6H2,1H3. The Morgan fingerprint density at radius 3 is 3.08 bits per heavy atom. The molecule has 0 aliphatic heterocycles. The zero-order valence-electron chi connectivity index (χ0n) is 8.03. The van der Waals surface area contributed by atoms with E-state index in [1.807, 2.05) is 7.05 Å². The molecule has 0 atom stereocenters. The minimum absolute atomic E-state index is 0.936. The van der Waals surface area contributed by atoms with Crippen LogP contribution >= 0.6 is 0 Å². The largest absolute Gasteiger partial charge is 0.316 e. The first-order valence-corrected chi connectivity index (χ1v) is 4.90. The van der Waals surface area contributed by atoms with Crippen molar-refractivity contribution < 1.29 is 0 Å². The molecule has 4 heteroatoms. The maximum absolute atomic E-state index is 4.21. The molecule has 0 spiro atoms. The van der Waals surface area contributed by atoms with Crippen LogP contribution in [0.4, 0.5) is 0 Å². The van der Waals surface area contributed by atoms with Crippen LogP contribution in [0, 0.1) is 5.92 Å². The highest BCUT2D eigenvalue weighted by molar-refractivity contribution is 4.83. The van der Waals surface area contributed by atoms with Gasteiger partial charge < -0.3 is 5.32 Å². The first kappa shape index (κ1) is 8.69. The summed E-state index contributed by atoms with van der Waals surface area (Å²) in [6, 6.07) is 0.